The number of carbonyl (C=O) groups is 1. The Morgan fingerprint density at radius 1 is 0.579 bits per heavy atom. The van der Waals surface area contributed by atoms with Crippen LogP contribution < -0.4 is 5.32 Å². The molecule has 6 N–H and O–H groups in total. The minimum Gasteiger partial charge on any atom is -0.394 e. The highest BCUT2D eigenvalue weighted by molar-refractivity contribution is 5.76. The van der Waals surface area contributed by atoms with Gasteiger partial charge in [0, 0.05) is 6.42 Å². The van der Waals surface area contributed by atoms with E-state index in [4.69, 9.17) is 9.47 Å². The molecular formula is C48H93NO8. The fraction of sp³-hybridized carbons (Fsp3) is 0.938. The molecular weight excluding hydrogens is 719 g/mol. The molecule has 0 bridgehead atoms. The molecule has 338 valence electrons. The molecule has 1 fully saturated rings. The van der Waals surface area contributed by atoms with Crippen molar-refractivity contribution in [3.05, 3.63) is 12.2 Å². The molecule has 0 aromatic rings. The Balaban J connectivity index is 2.32. The van der Waals surface area contributed by atoms with Crippen molar-refractivity contribution < 1.29 is 39.8 Å². The topological polar surface area (TPSA) is 149 Å². The molecule has 9 nitrogen and oxygen atoms in total. The Kier molecular flexibility index (Phi) is 37.0. The minimum atomic E-state index is -1.56. The molecule has 0 spiro atoms. The zero-order chi connectivity index (χ0) is 41.6. The maximum absolute atomic E-state index is 13.0. The molecule has 7 unspecified atom stereocenters. The molecule has 1 saturated heterocycles. The van der Waals surface area contributed by atoms with Gasteiger partial charge in [-0.05, 0) is 19.3 Å². The van der Waals surface area contributed by atoms with E-state index < -0.39 is 49.5 Å². The van der Waals surface area contributed by atoms with Crippen molar-refractivity contribution in [3.8, 4) is 0 Å². The molecule has 1 heterocycles. The number of carbonyl (C=O) groups excluding carboxylic acids is 1. The number of allylic oxidation sites excluding steroid dienone is 1. The summed E-state index contributed by atoms with van der Waals surface area (Å²) >= 11 is 0. The lowest BCUT2D eigenvalue weighted by atomic mass is 9.99. The number of rotatable bonds is 41. The van der Waals surface area contributed by atoms with Crippen LogP contribution in [0.1, 0.15) is 232 Å². The van der Waals surface area contributed by atoms with Gasteiger partial charge in [-0.15, -0.1) is 0 Å². The fourth-order valence-corrected chi connectivity index (χ4v) is 7.92. The first kappa shape index (κ1) is 53.9. The Bertz CT molecular complexity index is 904. The third-order valence-electron chi connectivity index (χ3n) is 11.9. The number of unbranched alkanes of at least 4 members (excludes halogenated alkanes) is 31. The van der Waals surface area contributed by atoms with E-state index in [1.807, 2.05) is 6.08 Å². The normalized spacial score (nSPS) is 21.0. The molecule has 0 aromatic carbocycles. The quantitative estimate of drug-likeness (QED) is 0.0264. The van der Waals surface area contributed by atoms with Crippen LogP contribution in [-0.2, 0) is 14.3 Å². The largest absolute Gasteiger partial charge is 0.394 e. The summed E-state index contributed by atoms with van der Waals surface area (Å²) in [7, 11) is 0. The van der Waals surface area contributed by atoms with Crippen LogP contribution in [0.15, 0.2) is 12.2 Å². The van der Waals surface area contributed by atoms with Gasteiger partial charge in [0.05, 0.1) is 25.4 Å². The highest BCUT2D eigenvalue weighted by Gasteiger charge is 2.44. The molecule has 0 radical (unpaired) electrons. The van der Waals surface area contributed by atoms with Gasteiger partial charge in [0.15, 0.2) is 6.29 Å². The SMILES string of the molecule is CCCCCCCCCCCCCCCCCCC/C=C/C(O)C(COC1OC(CO)C(O)C(O)C1O)NC(=O)CCCCCCCCCCCCCCCCC. The van der Waals surface area contributed by atoms with Crippen molar-refractivity contribution >= 4 is 5.91 Å². The van der Waals surface area contributed by atoms with Crippen LogP contribution in [0, 0.1) is 0 Å². The van der Waals surface area contributed by atoms with Crippen LogP contribution in [0.4, 0.5) is 0 Å². The molecule has 1 aliphatic rings. The number of hydrogen-bond donors (Lipinski definition) is 6. The fourth-order valence-electron chi connectivity index (χ4n) is 7.92. The van der Waals surface area contributed by atoms with Crippen LogP contribution in [0.2, 0.25) is 0 Å². The van der Waals surface area contributed by atoms with E-state index in [9.17, 15) is 30.3 Å². The average molecular weight is 812 g/mol. The van der Waals surface area contributed by atoms with Gasteiger partial charge in [0.2, 0.25) is 5.91 Å². The predicted molar refractivity (Wildman–Crippen MR) is 235 cm³/mol. The first-order valence-electron chi connectivity index (χ1n) is 24.4. The van der Waals surface area contributed by atoms with Crippen molar-refractivity contribution in [1.82, 2.24) is 5.32 Å². The van der Waals surface area contributed by atoms with Gasteiger partial charge in [-0.3, -0.25) is 4.79 Å². The number of aliphatic hydroxyl groups excluding tert-OH is 5. The van der Waals surface area contributed by atoms with E-state index in [1.54, 1.807) is 6.08 Å². The van der Waals surface area contributed by atoms with Crippen molar-refractivity contribution in [2.45, 2.75) is 275 Å². The predicted octanol–water partition coefficient (Wildman–Crippen LogP) is 10.5. The lowest BCUT2D eigenvalue weighted by Gasteiger charge is -2.40. The van der Waals surface area contributed by atoms with Crippen LogP contribution in [0.3, 0.4) is 0 Å². The van der Waals surface area contributed by atoms with Gasteiger partial charge in [-0.1, -0.05) is 219 Å². The van der Waals surface area contributed by atoms with Gasteiger partial charge in [-0.25, -0.2) is 0 Å². The van der Waals surface area contributed by atoms with Crippen LogP contribution in [-0.4, -0.2) is 87.5 Å². The van der Waals surface area contributed by atoms with E-state index in [0.29, 0.717) is 6.42 Å². The molecule has 9 heteroatoms. The smallest absolute Gasteiger partial charge is 0.220 e. The summed E-state index contributed by atoms with van der Waals surface area (Å²) in [5.41, 5.74) is 0. The second-order valence-electron chi connectivity index (χ2n) is 17.3. The number of amides is 1. The van der Waals surface area contributed by atoms with Gasteiger partial charge < -0.3 is 40.3 Å². The van der Waals surface area contributed by atoms with Crippen molar-refractivity contribution in [1.29, 1.82) is 0 Å². The maximum Gasteiger partial charge on any atom is 0.220 e. The number of aliphatic hydroxyl groups is 5. The molecule has 0 saturated carbocycles. The minimum absolute atomic E-state index is 0.173. The summed E-state index contributed by atoms with van der Waals surface area (Å²) in [5, 5.41) is 54.3. The first-order chi connectivity index (χ1) is 27.8. The molecule has 7 atom stereocenters. The molecule has 1 aliphatic heterocycles. The summed E-state index contributed by atoms with van der Waals surface area (Å²) in [4.78, 5) is 13.0. The van der Waals surface area contributed by atoms with Gasteiger partial charge in [-0.2, -0.15) is 0 Å². The standard InChI is InChI=1S/C48H93NO8/c1-3-5-7-9-11-13-15-17-19-20-21-22-24-25-27-29-31-33-35-37-42(51)41(40-56-48-47(55)46(54)45(53)43(39-50)57-48)49-44(52)38-36-34-32-30-28-26-23-18-16-14-12-10-8-6-4-2/h35,37,41-43,45-48,50-51,53-55H,3-34,36,38-40H2,1-2H3,(H,49,52)/b37-35+. The Labute approximate surface area is 350 Å². The van der Waals surface area contributed by atoms with Crippen LogP contribution >= 0.6 is 0 Å². The third-order valence-corrected chi connectivity index (χ3v) is 11.9. The van der Waals surface area contributed by atoms with E-state index in [1.165, 1.54) is 173 Å². The highest BCUT2D eigenvalue weighted by Crippen LogP contribution is 2.23. The van der Waals surface area contributed by atoms with Crippen LogP contribution in [0.25, 0.3) is 0 Å². The maximum atomic E-state index is 13.0. The lowest BCUT2D eigenvalue weighted by molar-refractivity contribution is -0.302. The molecule has 0 aliphatic carbocycles. The van der Waals surface area contributed by atoms with Crippen molar-refractivity contribution in [2.24, 2.45) is 0 Å². The second kappa shape index (κ2) is 39.1. The van der Waals surface area contributed by atoms with Crippen molar-refractivity contribution in [3.63, 3.8) is 0 Å². The number of nitrogens with one attached hydrogen (secondary N) is 1. The van der Waals surface area contributed by atoms with E-state index in [0.717, 1.165) is 38.5 Å². The Hall–Kier alpha value is -1.07. The van der Waals surface area contributed by atoms with Crippen LogP contribution in [0.5, 0.6) is 0 Å². The Morgan fingerprint density at radius 3 is 1.37 bits per heavy atom. The molecule has 1 amide bonds. The summed E-state index contributed by atoms with van der Waals surface area (Å²) < 4.78 is 11.2. The summed E-state index contributed by atoms with van der Waals surface area (Å²) in [6, 6.07) is -0.798. The highest BCUT2D eigenvalue weighted by atomic mass is 16.7. The molecule has 57 heavy (non-hydrogen) atoms. The van der Waals surface area contributed by atoms with Crippen molar-refractivity contribution in [2.75, 3.05) is 13.2 Å². The summed E-state index contributed by atoms with van der Waals surface area (Å²) in [6.45, 7) is 3.79. The third kappa shape index (κ3) is 29.7. The van der Waals surface area contributed by atoms with E-state index in [-0.39, 0.29) is 12.5 Å². The van der Waals surface area contributed by atoms with Gasteiger partial charge >= 0.3 is 0 Å². The number of ether oxygens (including phenoxy) is 2. The second-order valence-corrected chi connectivity index (χ2v) is 17.3. The monoisotopic (exact) mass is 812 g/mol. The average Bonchev–Trinajstić information content (AvgIpc) is 3.21. The lowest BCUT2D eigenvalue weighted by Crippen LogP contribution is -2.60. The van der Waals surface area contributed by atoms with E-state index >= 15 is 0 Å². The first-order valence-corrected chi connectivity index (χ1v) is 24.4. The number of hydrogen-bond acceptors (Lipinski definition) is 8. The zero-order valence-corrected chi connectivity index (χ0v) is 37.1. The van der Waals surface area contributed by atoms with E-state index in [2.05, 4.69) is 19.2 Å². The summed E-state index contributed by atoms with van der Waals surface area (Å²) in [5.74, 6) is -0.173. The van der Waals surface area contributed by atoms with Gasteiger partial charge in [0.1, 0.15) is 24.4 Å². The Morgan fingerprint density at radius 2 is 0.965 bits per heavy atom. The molecule has 1 rings (SSSR count). The zero-order valence-electron chi connectivity index (χ0n) is 37.1. The van der Waals surface area contributed by atoms with Gasteiger partial charge in [0.25, 0.3) is 0 Å². The molecule has 0 aromatic heterocycles. The summed E-state index contributed by atoms with van der Waals surface area (Å²) in [6.07, 6.45) is 38.2.